The van der Waals surface area contributed by atoms with Crippen molar-refractivity contribution < 1.29 is 22.3 Å². The van der Waals surface area contributed by atoms with Gasteiger partial charge in [-0.15, -0.1) is 0 Å². The third kappa shape index (κ3) is 6.76. The van der Waals surface area contributed by atoms with Gasteiger partial charge in [-0.25, -0.2) is 12.8 Å². The first-order valence-electron chi connectivity index (χ1n) is 7.88. The van der Waals surface area contributed by atoms with Crippen LogP contribution in [0.4, 0.5) is 4.39 Å². The van der Waals surface area contributed by atoms with Crippen LogP contribution in [-0.2, 0) is 21.2 Å². The smallest absolute Gasteiger partial charge is 0.220 e. The molecule has 0 saturated heterocycles. The summed E-state index contributed by atoms with van der Waals surface area (Å²) in [5, 5.41) is 2.73. The zero-order valence-electron chi connectivity index (χ0n) is 14.2. The lowest BCUT2D eigenvalue weighted by Gasteiger charge is -2.08. The third-order valence-corrected chi connectivity index (χ3v) is 5.07. The number of sulfone groups is 1. The monoisotopic (exact) mass is 443 g/mol. The van der Waals surface area contributed by atoms with Gasteiger partial charge in [-0.2, -0.15) is 0 Å². The van der Waals surface area contributed by atoms with Gasteiger partial charge >= 0.3 is 0 Å². The molecular weight excluding hydrogens is 425 g/mol. The number of rotatable bonds is 8. The van der Waals surface area contributed by atoms with E-state index in [1.54, 1.807) is 18.2 Å². The van der Waals surface area contributed by atoms with Crippen molar-refractivity contribution >= 4 is 31.7 Å². The SMILES string of the molecule is CS(=O)(=O)c1ccc(OCCCC(=O)NCc2cc(F)cc(Br)c2)cc1. The molecule has 140 valence electrons. The van der Waals surface area contributed by atoms with Gasteiger partial charge < -0.3 is 10.1 Å². The second-order valence-corrected chi connectivity index (χ2v) is 8.68. The summed E-state index contributed by atoms with van der Waals surface area (Å²) < 4.78 is 42.1. The summed E-state index contributed by atoms with van der Waals surface area (Å²) in [4.78, 5) is 12.0. The van der Waals surface area contributed by atoms with E-state index in [1.807, 2.05) is 0 Å². The minimum Gasteiger partial charge on any atom is -0.494 e. The van der Waals surface area contributed by atoms with Crippen LogP contribution >= 0.6 is 15.9 Å². The predicted molar refractivity (Wildman–Crippen MR) is 100 cm³/mol. The molecule has 0 aliphatic rings. The Morgan fingerprint density at radius 2 is 1.88 bits per heavy atom. The summed E-state index contributed by atoms with van der Waals surface area (Å²) in [7, 11) is -3.23. The van der Waals surface area contributed by atoms with E-state index < -0.39 is 9.84 Å². The number of nitrogens with one attached hydrogen (secondary N) is 1. The Kier molecular flexibility index (Phi) is 7.16. The summed E-state index contributed by atoms with van der Waals surface area (Å²) in [5.74, 6) is 0.0303. The second kappa shape index (κ2) is 9.14. The van der Waals surface area contributed by atoms with E-state index in [9.17, 15) is 17.6 Å². The Balaban J connectivity index is 1.70. The van der Waals surface area contributed by atoms with E-state index in [-0.39, 0.29) is 29.6 Å². The number of ether oxygens (including phenoxy) is 1. The number of amides is 1. The third-order valence-electron chi connectivity index (χ3n) is 3.48. The van der Waals surface area contributed by atoms with Crippen LogP contribution in [-0.4, -0.2) is 27.2 Å². The zero-order chi connectivity index (χ0) is 19.2. The standard InChI is InChI=1S/C18H19BrFNO4S/c1-26(23,24)17-6-4-16(5-7-17)25-8-2-3-18(22)21-12-13-9-14(19)11-15(20)10-13/h4-7,9-11H,2-3,8,12H2,1H3,(H,21,22). The average Bonchev–Trinajstić information content (AvgIpc) is 2.56. The fourth-order valence-corrected chi connectivity index (χ4v) is 3.35. The Morgan fingerprint density at radius 1 is 1.19 bits per heavy atom. The number of carbonyl (C=O) groups is 1. The molecule has 0 unspecified atom stereocenters. The van der Waals surface area contributed by atoms with Crippen LogP contribution in [0.25, 0.3) is 0 Å². The number of halogens is 2. The van der Waals surface area contributed by atoms with Crippen molar-refractivity contribution in [1.82, 2.24) is 5.32 Å². The molecule has 0 bridgehead atoms. The molecule has 0 radical (unpaired) electrons. The molecule has 0 saturated carbocycles. The quantitative estimate of drug-likeness (QED) is 0.633. The predicted octanol–water partition coefficient (Wildman–Crippen LogP) is 3.47. The van der Waals surface area contributed by atoms with E-state index in [1.165, 1.54) is 24.3 Å². The van der Waals surface area contributed by atoms with Crippen LogP contribution in [0, 0.1) is 5.82 Å². The summed E-state index contributed by atoms with van der Waals surface area (Å²) in [6.07, 6.45) is 1.93. The highest BCUT2D eigenvalue weighted by atomic mass is 79.9. The van der Waals surface area contributed by atoms with Crippen molar-refractivity contribution in [2.24, 2.45) is 0 Å². The average molecular weight is 444 g/mol. The van der Waals surface area contributed by atoms with Gasteiger partial charge in [0.1, 0.15) is 11.6 Å². The van der Waals surface area contributed by atoms with Gasteiger partial charge in [0.15, 0.2) is 9.84 Å². The molecule has 1 N–H and O–H groups in total. The van der Waals surface area contributed by atoms with Crippen LogP contribution in [0.15, 0.2) is 51.8 Å². The molecule has 26 heavy (non-hydrogen) atoms. The Hall–Kier alpha value is -1.93. The largest absolute Gasteiger partial charge is 0.494 e. The highest BCUT2D eigenvalue weighted by molar-refractivity contribution is 9.10. The van der Waals surface area contributed by atoms with Gasteiger partial charge in [0.25, 0.3) is 0 Å². The van der Waals surface area contributed by atoms with E-state index >= 15 is 0 Å². The van der Waals surface area contributed by atoms with Gasteiger partial charge in [-0.05, 0) is 54.4 Å². The fraction of sp³-hybridized carbons (Fsp3) is 0.278. The van der Waals surface area contributed by atoms with Crippen molar-refractivity contribution in [2.75, 3.05) is 12.9 Å². The number of hydrogen-bond donors (Lipinski definition) is 1. The highest BCUT2D eigenvalue weighted by Crippen LogP contribution is 2.16. The molecule has 0 aliphatic carbocycles. The molecule has 0 aromatic heterocycles. The van der Waals surface area contributed by atoms with Crippen molar-refractivity contribution in [3.63, 3.8) is 0 Å². The van der Waals surface area contributed by atoms with Crippen LogP contribution in [0.2, 0.25) is 0 Å². The Bertz CT molecular complexity index is 849. The topological polar surface area (TPSA) is 72.5 Å². The summed E-state index contributed by atoms with van der Waals surface area (Å²) in [5.41, 5.74) is 0.674. The molecule has 0 heterocycles. The Morgan fingerprint density at radius 3 is 2.50 bits per heavy atom. The van der Waals surface area contributed by atoms with E-state index in [0.29, 0.717) is 28.8 Å². The molecule has 0 aliphatic heterocycles. The molecule has 2 aromatic rings. The molecule has 0 atom stereocenters. The second-order valence-electron chi connectivity index (χ2n) is 5.75. The first kappa shape index (κ1) is 20.4. The number of hydrogen-bond acceptors (Lipinski definition) is 4. The van der Waals surface area contributed by atoms with E-state index in [2.05, 4.69) is 21.2 Å². The molecule has 0 spiro atoms. The molecule has 2 rings (SSSR count). The lowest BCUT2D eigenvalue weighted by atomic mass is 10.2. The maximum atomic E-state index is 13.3. The minimum absolute atomic E-state index is 0.151. The molecule has 5 nitrogen and oxygen atoms in total. The van der Waals surface area contributed by atoms with E-state index in [4.69, 9.17) is 4.74 Å². The first-order chi connectivity index (χ1) is 12.2. The van der Waals surface area contributed by atoms with E-state index in [0.717, 1.165) is 6.26 Å². The van der Waals surface area contributed by atoms with Gasteiger partial charge in [0.2, 0.25) is 5.91 Å². The van der Waals surface area contributed by atoms with Crippen molar-refractivity contribution in [1.29, 1.82) is 0 Å². The van der Waals surface area contributed by atoms with Gasteiger partial charge in [-0.1, -0.05) is 15.9 Å². The minimum atomic E-state index is -3.23. The van der Waals surface area contributed by atoms with Crippen LogP contribution in [0.1, 0.15) is 18.4 Å². The van der Waals surface area contributed by atoms with Crippen LogP contribution in [0.5, 0.6) is 5.75 Å². The summed E-state index contributed by atoms with van der Waals surface area (Å²) in [6, 6.07) is 10.6. The molecule has 0 fully saturated rings. The molecular formula is C18H19BrFNO4S. The van der Waals surface area contributed by atoms with Gasteiger partial charge in [0, 0.05) is 23.7 Å². The lowest BCUT2D eigenvalue weighted by Crippen LogP contribution is -2.23. The molecule has 8 heteroatoms. The van der Waals surface area contributed by atoms with Crippen molar-refractivity contribution in [2.45, 2.75) is 24.3 Å². The fourth-order valence-electron chi connectivity index (χ4n) is 2.21. The maximum Gasteiger partial charge on any atom is 0.220 e. The first-order valence-corrected chi connectivity index (χ1v) is 10.6. The van der Waals surface area contributed by atoms with Crippen molar-refractivity contribution in [3.05, 3.63) is 58.3 Å². The molecule has 2 aromatic carbocycles. The zero-order valence-corrected chi connectivity index (χ0v) is 16.6. The van der Waals surface area contributed by atoms with Crippen LogP contribution in [0.3, 0.4) is 0 Å². The normalized spacial score (nSPS) is 11.2. The highest BCUT2D eigenvalue weighted by Gasteiger charge is 2.07. The number of carbonyl (C=O) groups excluding carboxylic acids is 1. The van der Waals surface area contributed by atoms with Gasteiger partial charge in [-0.3, -0.25) is 4.79 Å². The lowest BCUT2D eigenvalue weighted by molar-refractivity contribution is -0.121. The van der Waals surface area contributed by atoms with Crippen molar-refractivity contribution in [3.8, 4) is 5.75 Å². The number of benzene rings is 2. The maximum absolute atomic E-state index is 13.3. The Labute approximate surface area is 160 Å². The summed E-state index contributed by atoms with van der Waals surface area (Å²) in [6.45, 7) is 0.583. The van der Waals surface area contributed by atoms with Crippen LogP contribution < -0.4 is 10.1 Å². The summed E-state index contributed by atoms with van der Waals surface area (Å²) >= 11 is 3.21. The van der Waals surface area contributed by atoms with Gasteiger partial charge in [0.05, 0.1) is 11.5 Å². The molecule has 1 amide bonds.